The second-order valence-electron chi connectivity index (χ2n) is 7.14. The molecule has 6 nitrogen and oxygen atoms in total. The molecule has 0 aromatic rings. The summed E-state index contributed by atoms with van der Waals surface area (Å²) >= 11 is 0. The van der Waals surface area contributed by atoms with Crippen molar-refractivity contribution in [3.8, 4) is 0 Å². The molecular formula is C18H29N3O3. The van der Waals surface area contributed by atoms with Crippen LogP contribution in [0, 0.1) is 11.8 Å². The predicted molar refractivity (Wildman–Crippen MR) is 92.8 cm³/mol. The van der Waals surface area contributed by atoms with Crippen LogP contribution in [0.4, 0.5) is 0 Å². The normalized spacial score (nSPS) is 31.1. The first-order chi connectivity index (χ1) is 11.6. The Morgan fingerprint density at radius 3 is 2.71 bits per heavy atom. The van der Waals surface area contributed by atoms with Crippen molar-refractivity contribution in [1.82, 2.24) is 14.7 Å². The lowest BCUT2D eigenvalue weighted by molar-refractivity contribution is -0.113. The molecule has 3 rings (SSSR count). The average molecular weight is 335 g/mol. The van der Waals surface area contributed by atoms with E-state index in [9.17, 15) is 9.90 Å². The number of hydrogen-bond donors (Lipinski definition) is 1. The van der Waals surface area contributed by atoms with E-state index in [-0.39, 0.29) is 17.9 Å². The molecule has 1 aliphatic carbocycles. The van der Waals surface area contributed by atoms with Gasteiger partial charge in [0.05, 0.1) is 5.92 Å². The lowest BCUT2D eigenvalue weighted by Crippen LogP contribution is -2.54. The monoisotopic (exact) mass is 335 g/mol. The highest BCUT2D eigenvalue weighted by molar-refractivity contribution is 5.61. The van der Waals surface area contributed by atoms with Crippen LogP contribution in [0.2, 0.25) is 0 Å². The van der Waals surface area contributed by atoms with Crippen LogP contribution < -0.4 is 0 Å². The molecule has 0 spiro atoms. The fraction of sp³-hybridized carbons (Fsp3) is 0.722. The molecule has 0 radical (unpaired) electrons. The zero-order valence-electron chi connectivity index (χ0n) is 14.7. The van der Waals surface area contributed by atoms with E-state index >= 15 is 0 Å². The third-order valence-corrected chi connectivity index (χ3v) is 5.67. The predicted octanol–water partition coefficient (Wildman–Crippen LogP) is 0.725. The van der Waals surface area contributed by atoms with Crippen LogP contribution in [0.5, 0.6) is 0 Å². The van der Waals surface area contributed by atoms with E-state index in [2.05, 4.69) is 21.7 Å². The summed E-state index contributed by atoms with van der Waals surface area (Å²) in [6.07, 6.45) is 5.52. The van der Waals surface area contributed by atoms with E-state index in [0.29, 0.717) is 0 Å². The van der Waals surface area contributed by atoms with Crippen LogP contribution in [-0.4, -0.2) is 92.3 Å². The van der Waals surface area contributed by atoms with Gasteiger partial charge in [-0.25, -0.2) is 0 Å². The fourth-order valence-electron chi connectivity index (χ4n) is 4.00. The van der Waals surface area contributed by atoms with Crippen LogP contribution in [0.3, 0.4) is 0 Å². The first-order valence-electron chi connectivity index (χ1n) is 8.85. The number of aliphatic hydroxyl groups excluding tert-OH is 1. The van der Waals surface area contributed by atoms with Gasteiger partial charge in [0.15, 0.2) is 0 Å². The first-order valence-corrected chi connectivity index (χ1v) is 8.85. The van der Waals surface area contributed by atoms with Crippen molar-refractivity contribution in [3.63, 3.8) is 0 Å². The number of piperazine rings is 1. The van der Waals surface area contributed by atoms with Crippen molar-refractivity contribution in [1.29, 1.82) is 0 Å². The van der Waals surface area contributed by atoms with Crippen LogP contribution >= 0.6 is 0 Å². The quantitative estimate of drug-likeness (QED) is 0.748. The molecule has 0 amide bonds. The SMILES string of the molecule is COC(CN1CCN(C)CC1)N1CCC2=CC=C(O)C(C=O)C2C1. The maximum atomic E-state index is 11.4. The van der Waals surface area contributed by atoms with Crippen molar-refractivity contribution in [2.24, 2.45) is 11.8 Å². The lowest BCUT2D eigenvalue weighted by atomic mass is 9.78. The lowest BCUT2D eigenvalue weighted by Gasteiger charge is -2.43. The molecule has 6 heteroatoms. The Hall–Kier alpha value is -1.21. The number of aliphatic hydroxyl groups is 1. The Morgan fingerprint density at radius 2 is 2.04 bits per heavy atom. The van der Waals surface area contributed by atoms with Gasteiger partial charge >= 0.3 is 0 Å². The molecule has 3 aliphatic rings. The average Bonchev–Trinajstić information content (AvgIpc) is 2.60. The Bertz CT molecular complexity index is 512. The molecule has 2 aliphatic heterocycles. The maximum Gasteiger partial charge on any atom is 0.131 e. The molecule has 0 bridgehead atoms. The minimum atomic E-state index is -0.408. The summed E-state index contributed by atoms with van der Waals surface area (Å²) in [6.45, 7) is 6.92. The number of carbonyl (C=O) groups is 1. The summed E-state index contributed by atoms with van der Waals surface area (Å²) in [4.78, 5) is 18.6. The molecule has 2 heterocycles. The number of carbonyl (C=O) groups excluding carboxylic acids is 1. The van der Waals surface area contributed by atoms with E-state index in [1.165, 1.54) is 5.57 Å². The molecular weight excluding hydrogens is 306 g/mol. The minimum Gasteiger partial charge on any atom is -0.512 e. The highest BCUT2D eigenvalue weighted by Crippen LogP contribution is 2.35. The number of likely N-dealkylation sites (tertiary alicyclic amines) is 1. The molecule has 3 atom stereocenters. The van der Waals surface area contributed by atoms with E-state index in [0.717, 1.165) is 58.5 Å². The molecule has 134 valence electrons. The van der Waals surface area contributed by atoms with Crippen molar-refractivity contribution < 1.29 is 14.6 Å². The number of rotatable bonds is 5. The zero-order chi connectivity index (χ0) is 17.1. The summed E-state index contributed by atoms with van der Waals surface area (Å²) in [6, 6.07) is 0. The first kappa shape index (κ1) is 17.6. The number of piperidine rings is 1. The van der Waals surface area contributed by atoms with Gasteiger partial charge in [-0.3, -0.25) is 9.80 Å². The van der Waals surface area contributed by atoms with E-state index in [4.69, 9.17) is 4.74 Å². The number of nitrogens with zero attached hydrogens (tertiary/aromatic N) is 3. The molecule has 0 aromatic heterocycles. The van der Waals surface area contributed by atoms with Gasteiger partial charge in [-0.2, -0.15) is 0 Å². The number of methoxy groups -OCH3 is 1. The standard InChI is InChI=1S/C18H29N3O3/c1-19-7-9-20(10-8-19)12-18(24-2)21-6-5-14-3-4-17(23)16(13-22)15(14)11-21/h3-4,13,15-16,18,23H,5-12H2,1-2H3. The van der Waals surface area contributed by atoms with Crippen LogP contribution in [0.25, 0.3) is 0 Å². The fourth-order valence-corrected chi connectivity index (χ4v) is 4.00. The number of likely N-dealkylation sites (N-methyl/N-ethyl adjacent to an activating group) is 1. The van der Waals surface area contributed by atoms with E-state index in [1.807, 2.05) is 6.08 Å². The highest BCUT2D eigenvalue weighted by atomic mass is 16.5. The van der Waals surface area contributed by atoms with E-state index in [1.54, 1.807) is 13.2 Å². The summed E-state index contributed by atoms with van der Waals surface area (Å²) in [5.41, 5.74) is 1.27. The van der Waals surface area contributed by atoms with Gasteiger partial charge in [-0.1, -0.05) is 11.6 Å². The van der Waals surface area contributed by atoms with E-state index < -0.39 is 5.92 Å². The Kier molecular flexibility index (Phi) is 5.71. The highest BCUT2D eigenvalue weighted by Gasteiger charge is 2.37. The second kappa shape index (κ2) is 7.78. The summed E-state index contributed by atoms with van der Waals surface area (Å²) in [7, 11) is 3.92. The van der Waals surface area contributed by atoms with Gasteiger partial charge < -0.3 is 19.5 Å². The molecule has 3 unspecified atom stereocenters. The number of aldehydes is 1. The molecule has 2 saturated heterocycles. The van der Waals surface area contributed by atoms with Crippen LogP contribution in [0.15, 0.2) is 23.5 Å². The number of fused-ring (bicyclic) bond motifs is 1. The Morgan fingerprint density at radius 1 is 1.29 bits per heavy atom. The molecule has 24 heavy (non-hydrogen) atoms. The Balaban J connectivity index is 1.63. The topological polar surface area (TPSA) is 56.3 Å². The minimum absolute atomic E-state index is 0.0373. The summed E-state index contributed by atoms with van der Waals surface area (Å²) in [5, 5.41) is 10.00. The van der Waals surface area contributed by atoms with Gasteiger partial charge in [-0.05, 0) is 19.5 Å². The van der Waals surface area contributed by atoms with Gasteiger partial charge in [0.25, 0.3) is 0 Å². The van der Waals surface area contributed by atoms with Gasteiger partial charge in [-0.15, -0.1) is 0 Å². The number of ether oxygens (including phenoxy) is 1. The molecule has 0 aromatic carbocycles. The largest absolute Gasteiger partial charge is 0.512 e. The third-order valence-electron chi connectivity index (χ3n) is 5.67. The van der Waals surface area contributed by atoms with Gasteiger partial charge in [0.1, 0.15) is 18.3 Å². The maximum absolute atomic E-state index is 11.4. The zero-order valence-corrected chi connectivity index (χ0v) is 14.7. The summed E-state index contributed by atoms with van der Waals surface area (Å²) in [5.74, 6) is -0.144. The van der Waals surface area contributed by atoms with Crippen molar-refractivity contribution in [2.75, 3.05) is 60.0 Å². The summed E-state index contributed by atoms with van der Waals surface area (Å²) < 4.78 is 5.78. The van der Waals surface area contributed by atoms with Gasteiger partial charge in [0, 0.05) is 58.8 Å². The Labute approximate surface area is 144 Å². The molecule has 1 N–H and O–H groups in total. The van der Waals surface area contributed by atoms with Crippen LogP contribution in [0.1, 0.15) is 6.42 Å². The van der Waals surface area contributed by atoms with Crippen molar-refractivity contribution in [3.05, 3.63) is 23.5 Å². The number of hydrogen-bond acceptors (Lipinski definition) is 6. The molecule has 2 fully saturated rings. The molecule has 0 saturated carbocycles. The van der Waals surface area contributed by atoms with Crippen molar-refractivity contribution in [2.45, 2.75) is 12.6 Å². The van der Waals surface area contributed by atoms with Crippen molar-refractivity contribution >= 4 is 6.29 Å². The van der Waals surface area contributed by atoms with Crippen LogP contribution in [-0.2, 0) is 9.53 Å². The third kappa shape index (κ3) is 3.72. The number of allylic oxidation sites excluding steroid dienone is 3. The second-order valence-corrected chi connectivity index (χ2v) is 7.14. The van der Waals surface area contributed by atoms with Gasteiger partial charge in [0.2, 0.25) is 0 Å². The smallest absolute Gasteiger partial charge is 0.131 e.